The van der Waals surface area contributed by atoms with Crippen molar-refractivity contribution in [1.82, 2.24) is 4.90 Å². The number of nitrogens with zero attached hydrogens (tertiary/aromatic N) is 1. The van der Waals surface area contributed by atoms with Crippen molar-refractivity contribution < 1.29 is 9.84 Å². The zero-order chi connectivity index (χ0) is 17.0. The molecule has 24 heavy (non-hydrogen) atoms. The number of ether oxygens (including phenoxy) is 1. The summed E-state index contributed by atoms with van der Waals surface area (Å²) in [6.07, 6.45) is 1.57. The van der Waals surface area contributed by atoms with E-state index in [1.165, 1.54) is 5.56 Å². The number of aliphatic hydroxyl groups is 1. The van der Waals surface area contributed by atoms with Crippen LogP contribution in [0, 0.1) is 0 Å². The molecule has 1 N–H and O–H groups in total. The fourth-order valence-corrected chi connectivity index (χ4v) is 3.40. The molecule has 0 atom stereocenters. The van der Waals surface area contributed by atoms with Gasteiger partial charge in [0.1, 0.15) is 5.75 Å². The molecule has 0 spiro atoms. The van der Waals surface area contributed by atoms with Gasteiger partial charge in [-0.25, -0.2) is 0 Å². The molecular weight excluding hydrogens is 298 g/mol. The van der Waals surface area contributed by atoms with E-state index >= 15 is 0 Å². The molecule has 0 aliphatic carbocycles. The first-order valence-electron chi connectivity index (χ1n) is 8.82. The molecule has 2 aromatic carbocycles. The van der Waals surface area contributed by atoms with Gasteiger partial charge >= 0.3 is 0 Å². The van der Waals surface area contributed by atoms with Crippen molar-refractivity contribution in [2.75, 3.05) is 13.1 Å². The number of para-hydroxylation sites is 1. The van der Waals surface area contributed by atoms with Gasteiger partial charge in [-0.05, 0) is 38.3 Å². The number of likely N-dealkylation sites (tertiary alicyclic amines) is 1. The SMILES string of the molecule is CC(C)Oc1ccccc1C1(O)CCN(Cc2ccccc2)CC1. The summed E-state index contributed by atoms with van der Waals surface area (Å²) in [4.78, 5) is 2.41. The molecule has 3 nitrogen and oxygen atoms in total. The Balaban J connectivity index is 1.68. The van der Waals surface area contributed by atoms with Crippen molar-refractivity contribution in [3.8, 4) is 5.75 Å². The molecule has 3 rings (SSSR count). The van der Waals surface area contributed by atoms with Crippen LogP contribution >= 0.6 is 0 Å². The van der Waals surface area contributed by atoms with Gasteiger partial charge in [-0.15, -0.1) is 0 Å². The minimum Gasteiger partial charge on any atom is -0.491 e. The summed E-state index contributed by atoms with van der Waals surface area (Å²) < 4.78 is 5.91. The Hall–Kier alpha value is -1.84. The Bertz CT molecular complexity index is 646. The van der Waals surface area contributed by atoms with Crippen LogP contribution in [-0.2, 0) is 12.1 Å². The van der Waals surface area contributed by atoms with Gasteiger partial charge in [0, 0.05) is 25.2 Å². The van der Waals surface area contributed by atoms with Gasteiger partial charge in [-0.2, -0.15) is 0 Å². The van der Waals surface area contributed by atoms with Gasteiger partial charge in [0.25, 0.3) is 0 Å². The highest BCUT2D eigenvalue weighted by molar-refractivity contribution is 5.38. The lowest BCUT2D eigenvalue weighted by molar-refractivity contribution is -0.0300. The molecule has 2 aromatic rings. The lowest BCUT2D eigenvalue weighted by atomic mass is 9.83. The second kappa shape index (κ2) is 7.37. The van der Waals surface area contributed by atoms with Crippen LogP contribution in [0.1, 0.15) is 37.8 Å². The van der Waals surface area contributed by atoms with E-state index in [2.05, 4.69) is 29.2 Å². The summed E-state index contributed by atoms with van der Waals surface area (Å²) in [7, 11) is 0. The minimum absolute atomic E-state index is 0.105. The summed E-state index contributed by atoms with van der Waals surface area (Å²) in [5.41, 5.74) is 1.46. The third-order valence-electron chi connectivity index (χ3n) is 4.68. The van der Waals surface area contributed by atoms with E-state index in [0.717, 1.165) is 43.8 Å². The zero-order valence-electron chi connectivity index (χ0n) is 14.6. The fourth-order valence-electron chi connectivity index (χ4n) is 3.40. The summed E-state index contributed by atoms with van der Waals surface area (Å²) in [6.45, 7) is 6.76. The topological polar surface area (TPSA) is 32.7 Å². The van der Waals surface area contributed by atoms with Gasteiger partial charge in [0.15, 0.2) is 0 Å². The van der Waals surface area contributed by atoms with Crippen LogP contribution in [0.2, 0.25) is 0 Å². The van der Waals surface area contributed by atoms with Crippen molar-refractivity contribution >= 4 is 0 Å². The molecule has 1 aliphatic heterocycles. The summed E-state index contributed by atoms with van der Waals surface area (Å²) in [6, 6.07) is 18.4. The first-order chi connectivity index (χ1) is 11.6. The quantitative estimate of drug-likeness (QED) is 0.903. The normalized spacial score (nSPS) is 17.8. The van der Waals surface area contributed by atoms with E-state index in [1.807, 2.05) is 44.2 Å². The van der Waals surface area contributed by atoms with Crippen LogP contribution < -0.4 is 4.74 Å². The Labute approximate surface area is 144 Å². The van der Waals surface area contributed by atoms with Gasteiger partial charge < -0.3 is 9.84 Å². The number of hydrogen-bond donors (Lipinski definition) is 1. The van der Waals surface area contributed by atoms with E-state index in [4.69, 9.17) is 4.74 Å². The van der Waals surface area contributed by atoms with Gasteiger partial charge in [-0.1, -0.05) is 48.5 Å². The summed E-state index contributed by atoms with van der Waals surface area (Å²) in [5, 5.41) is 11.2. The highest BCUT2D eigenvalue weighted by Crippen LogP contribution is 2.38. The smallest absolute Gasteiger partial charge is 0.125 e. The van der Waals surface area contributed by atoms with Crippen LogP contribution in [0.4, 0.5) is 0 Å². The molecule has 1 heterocycles. The van der Waals surface area contributed by atoms with Crippen molar-refractivity contribution in [3.63, 3.8) is 0 Å². The maximum absolute atomic E-state index is 11.2. The van der Waals surface area contributed by atoms with E-state index in [1.54, 1.807) is 0 Å². The predicted octanol–water partition coefficient (Wildman–Crippen LogP) is 3.96. The van der Waals surface area contributed by atoms with Gasteiger partial charge in [0.2, 0.25) is 0 Å². The second-order valence-electron chi connectivity index (χ2n) is 6.96. The summed E-state index contributed by atoms with van der Waals surface area (Å²) in [5.74, 6) is 0.812. The van der Waals surface area contributed by atoms with Gasteiger partial charge in [-0.3, -0.25) is 4.90 Å². The maximum atomic E-state index is 11.2. The number of benzene rings is 2. The largest absolute Gasteiger partial charge is 0.491 e. The average Bonchev–Trinajstić information content (AvgIpc) is 2.58. The first kappa shape index (κ1) is 17.0. The zero-order valence-corrected chi connectivity index (χ0v) is 14.6. The summed E-state index contributed by atoms with van der Waals surface area (Å²) >= 11 is 0. The molecule has 0 unspecified atom stereocenters. The van der Waals surface area contributed by atoms with Crippen LogP contribution in [0.25, 0.3) is 0 Å². The van der Waals surface area contributed by atoms with Crippen LogP contribution in [0.15, 0.2) is 54.6 Å². The standard InChI is InChI=1S/C21H27NO2/c1-17(2)24-20-11-7-6-10-19(20)21(23)12-14-22(15-13-21)16-18-8-4-3-5-9-18/h3-11,17,23H,12-16H2,1-2H3. The lowest BCUT2D eigenvalue weighted by Gasteiger charge is -2.39. The third kappa shape index (κ3) is 3.97. The molecule has 1 fully saturated rings. The molecule has 3 heteroatoms. The average molecular weight is 325 g/mol. The molecular formula is C21H27NO2. The molecule has 0 radical (unpaired) electrons. The van der Waals surface area contributed by atoms with Gasteiger partial charge in [0.05, 0.1) is 11.7 Å². The van der Waals surface area contributed by atoms with Crippen molar-refractivity contribution in [3.05, 3.63) is 65.7 Å². The predicted molar refractivity (Wildman–Crippen MR) is 97.1 cm³/mol. The number of piperidine rings is 1. The minimum atomic E-state index is -0.793. The highest BCUT2D eigenvalue weighted by Gasteiger charge is 2.36. The number of rotatable bonds is 5. The van der Waals surface area contributed by atoms with E-state index < -0.39 is 5.60 Å². The molecule has 0 aromatic heterocycles. The third-order valence-corrected chi connectivity index (χ3v) is 4.68. The highest BCUT2D eigenvalue weighted by atomic mass is 16.5. The maximum Gasteiger partial charge on any atom is 0.125 e. The Morgan fingerprint density at radius 2 is 1.62 bits per heavy atom. The van der Waals surface area contributed by atoms with Crippen LogP contribution in [-0.4, -0.2) is 29.2 Å². The van der Waals surface area contributed by atoms with Crippen LogP contribution in [0.3, 0.4) is 0 Å². The molecule has 1 saturated heterocycles. The fraction of sp³-hybridized carbons (Fsp3) is 0.429. The van der Waals surface area contributed by atoms with E-state index in [9.17, 15) is 5.11 Å². The molecule has 1 aliphatic rings. The Morgan fingerprint density at radius 3 is 2.29 bits per heavy atom. The molecule has 128 valence electrons. The molecule has 0 saturated carbocycles. The second-order valence-corrected chi connectivity index (χ2v) is 6.96. The Kier molecular flexibility index (Phi) is 5.22. The number of hydrogen-bond acceptors (Lipinski definition) is 3. The Morgan fingerprint density at radius 1 is 1.00 bits per heavy atom. The lowest BCUT2D eigenvalue weighted by Crippen LogP contribution is -2.42. The molecule has 0 bridgehead atoms. The van der Waals surface area contributed by atoms with Crippen molar-refractivity contribution in [1.29, 1.82) is 0 Å². The van der Waals surface area contributed by atoms with Crippen molar-refractivity contribution in [2.24, 2.45) is 0 Å². The van der Waals surface area contributed by atoms with Crippen LogP contribution in [0.5, 0.6) is 5.75 Å². The monoisotopic (exact) mass is 325 g/mol. The molecule has 0 amide bonds. The van der Waals surface area contributed by atoms with Crippen molar-refractivity contribution in [2.45, 2.75) is 44.9 Å². The van der Waals surface area contributed by atoms with E-state index in [0.29, 0.717) is 0 Å². The van der Waals surface area contributed by atoms with E-state index in [-0.39, 0.29) is 6.10 Å². The first-order valence-corrected chi connectivity index (χ1v) is 8.82.